The van der Waals surface area contributed by atoms with Crippen LogP contribution < -0.4 is 0 Å². The van der Waals surface area contributed by atoms with Gasteiger partial charge in [-0.2, -0.15) is 0 Å². The monoisotopic (exact) mass is 446 g/mol. The molecule has 1 aliphatic carbocycles. The average molecular weight is 447 g/mol. The van der Waals surface area contributed by atoms with Crippen LogP contribution in [0.3, 0.4) is 0 Å². The smallest absolute Gasteiger partial charge is 0.302 e. The number of unbranched alkanes of at least 4 members (excludes halogenated alkanes) is 1. The molecule has 3 aromatic rings. The Morgan fingerprint density at radius 1 is 1.03 bits per heavy atom. The van der Waals surface area contributed by atoms with Crippen LogP contribution in [0.1, 0.15) is 68.2 Å². The second-order valence-corrected chi connectivity index (χ2v) is 9.92. The van der Waals surface area contributed by atoms with Gasteiger partial charge in [0.05, 0.1) is 6.61 Å². The second-order valence-electron chi connectivity index (χ2n) is 9.92. The molecule has 176 valence electrons. The lowest BCUT2D eigenvalue weighted by molar-refractivity contribution is -0.141. The van der Waals surface area contributed by atoms with Crippen molar-refractivity contribution in [1.29, 1.82) is 0 Å². The van der Waals surface area contributed by atoms with Crippen LogP contribution in [-0.4, -0.2) is 42.1 Å². The van der Waals surface area contributed by atoms with Crippen molar-refractivity contribution in [3.05, 3.63) is 71.4 Å². The summed E-state index contributed by atoms with van der Waals surface area (Å²) in [6, 6.07) is 19.6. The molecule has 1 fully saturated rings. The van der Waals surface area contributed by atoms with Gasteiger partial charge in [0.25, 0.3) is 0 Å². The van der Waals surface area contributed by atoms with Gasteiger partial charge in [0.2, 0.25) is 0 Å². The van der Waals surface area contributed by atoms with Crippen molar-refractivity contribution in [2.45, 2.75) is 69.7 Å². The summed E-state index contributed by atoms with van der Waals surface area (Å²) in [6.45, 7) is 1.99. The van der Waals surface area contributed by atoms with Crippen LogP contribution in [0.4, 0.5) is 0 Å². The van der Waals surface area contributed by atoms with Gasteiger partial charge < -0.3 is 14.6 Å². The van der Waals surface area contributed by atoms with Crippen molar-refractivity contribution >= 4 is 16.9 Å². The third-order valence-electron chi connectivity index (χ3n) is 7.62. The molecule has 0 unspecified atom stereocenters. The zero-order valence-electron chi connectivity index (χ0n) is 20.4. The zero-order chi connectivity index (χ0) is 23.3. The molecule has 4 rings (SSSR count). The van der Waals surface area contributed by atoms with E-state index < -0.39 is 0 Å². The van der Waals surface area contributed by atoms with Gasteiger partial charge in [0.15, 0.2) is 0 Å². The number of carbonyl (C=O) groups is 1. The number of aromatic amines is 1. The maximum atomic E-state index is 11.1. The van der Waals surface area contributed by atoms with Gasteiger partial charge in [-0.3, -0.25) is 4.79 Å². The fourth-order valence-electron chi connectivity index (χ4n) is 5.66. The van der Waals surface area contributed by atoms with Crippen LogP contribution in [-0.2, 0) is 22.4 Å². The first-order valence-corrected chi connectivity index (χ1v) is 12.4. The van der Waals surface area contributed by atoms with Crippen molar-refractivity contribution in [1.82, 2.24) is 9.88 Å². The number of likely N-dealkylation sites (N-methyl/N-ethyl adjacent to an activating group) is 1. The summed E-state index contributed by atoms with van der Waals surface area (Å²) in [5, 5.41) is 1.36. The van der Waals surface area contributed by atoms with Gasteiger partial charge in [-0.15, -0.1) is 0 Å². The van der Waals surface area contributed by atoms with E-state index in [1.54, 1.807) is 0 Å². The molecule has 0 saturated heterocycles. The number of fused-ring (bicyclic) bond motifs is 1. The molecule has 1 heterocycles. The average Bonchev–Trinajstić information content (AvgIpc) is 3.18. The molecule has 0 amide bonds. The highest BCUT2D eigenvalue weighted by molar-refractivity contribution is 5.84. The third-order valence-corrected chi connectivity index (χ3v) is 7.62. The zero-order valence-corrected chi connectivity index (χ0v) is 20.4. The molecule has 1 N–H and O–H groups in total. The summed E-state index contributed by atoms with van der Waals surface area (Å²) in [6.07, 6.45) is 8.91. The van der Waals surface area contributed by atoms with Gasteiger partial charge in [-0.05, 0) is 88.6 Å². The maximum Gasteiger partial charge on any atom is 0.302 e. The predicted octanol–water partition coefficient (Wildman–Crippen LogP) is 6.25. The van der Waals surface area contributed by atoms with Gasteiger partial charge >= 0.3 is 5.97 Å². The number of esters is 1. The number of carbonyl (C=O) groups excluding carboxylic acids is 1. The molecule has 0 bridgehead atoms. The second kappa shape index (κ2) is 10.6. The molecule has 0 radical (unpaired) electrons. The summed E-state index contributed by atoms with van der Waals surface area (Å²) >= 11 is 0. The van der Waals surface area contributed by atoms with Crippen LogP contribution in [0.15, 0.2) is 54.6 Å². The van der Waals surface area contributed by atoms with E-state index in [9.17, 15) is 4.79 Å². The molecular weight excluding hydrogens is 408 g/mol. The van der Waals surface area contributed by atoms with E-state index in [2.05, 4.69) is 78.6 Å². The largest absolute Gasteiger partial charge is 0.466 e. The van der Waals surface area contributed by atoms with Gasteiger partial charge in [-0.1, -0.05) is 48.5 Å². The number of hydrogen-bond acceptors (Lipinski definition) is 3. The Morgan fingerprint density at radius 3 is 2.42 bits per heavy atom. The Hall–Kier alpha value is -2.59. The van der Waals surface area contributed by atoms with Crippen molar-refractivity contribution in [2.24, 2.45) is 0 Å². The topological polar surface area (TPSA) is 45.3 Å². The molecule has 1 aliphatic rings. The summed E-state index contributed by atoms with van der Waals surface area (Å²) in [5.41, 5.74) is 5.82. The molecule has 0 aliphatic heterocycles. The number of nitrogens with zero attached hydrogens (tertiary/aromatic N) is 1. The molecule has 33 heavy (non-hydrogen) atoms. The van der Waals surface area contributed by atoms with Crippen molar-refractivity contribution in [3.8, 4) is 0 Å². The first-order chi connectivity index (χ1) is 16.0. The highest BCUT2D eigenvalue weighted by atomic mass is 16.5. The summed E-state index contributed by atoms with van der Waals surface area (Å²) in [7, 11) is 4.50. The van der Waals surface area contributed by atoms with Crippen LogP contribution >= 0.6 is 0 Å². The Balaban J connectivity index is 1.49. The molecule has 4 nitrogen and oxygen atoms in total. The first-order valence-electron chi connectivity index (χ1n) is 12.4. The minimum atomic E-state index is -0.190. The molecule has 4 heteroatoms. The van der Waals surface area contributed by atoms with E-state index in [0.717, 1.165) is 25.7 Å². The summed E-state index contributed by atoms with van der Waals surface area (Å²) in [5.74, 6) is 0.384. The summed E-state index contributed by atoms with van der Waals surface area (Å²) in [4.78, 5) is 17.3. The van der Waals surface area contributed by atoms with E-state index in [4.69, 9.17) is 4.74 Å². The van der Waals surface area contributed by atoms with Gasteiger partial charge in [0.1, 0.15) is 0 Å². The molecular formula is C29H38N2O2. The number of para-hydroxylation sites is 1. The highest BCUT2D eigenvalue weighted by Crippen LogP contribution is 2.44. The number of benzene rings is 2. The van der Waals surface area contributed by atoms with E-state index in [0.29, 0.717) is 12.5 Å². The van der Waals surface area contributed by atoms with Crippen molar-refractivity contribution in [2.75, 3.05) is 20.7 Å². The number of aryl methyl sites for hydroxylation is 1. The molecule has 0 atom stereocenters. The lowest BCUT2D eigenvalue weighted by Crippen LogP contribution is -2.48. The molecule has 1 saturated carbocycles. The lowest BCUT2D eigenvalue weighted by atomic mass is 9.71. The molecule has 1 aromatic heterocycles. The minimum Gasteiger partial charge on any atom is -0.466 e. The third kappa shape index (κ3) is 5.50. The van der Waals surface area contributed by atoms with Crippen LogP contribution in [0.2, 0.25) is 0 Å². The fourth-order valence-corrected chi connectivity index (χ4v) is 5.66. The lowest BCUT2D eigenvalue weighted by Gasteiger charge is -2.45. The minimum absolute atomic E-state index is 0.190. The summed E-state index contributed by atoms with van der Waals surface area (Å²) < 4.78 is 5.14. The first kappa shape index (κ1) is 23.6. The van der Waals surface area contributed by atoms with Gasteiger partial charge in [0, 0.05) is 29.1 Å². The number of hydrogen-bond donors (Lipinski definition) is 1. The Kier molecular flexibility index (Phi) is 7.54. The van der Waals surface area contributed by atoms with E-state index >= 15 is 0 Å². The predicted molar refractivity (Wildman–Crippen MR) is 136 cm³/mol. The Bertz CT molecular complexity index is 1050. The van der Waals surface area contributed by atoms with E-state index in [1.165, 1.54) is 60.3 Å². The number of H-pyrrole nitrogens is 1. The number of rotatable bonds is 9. The Labute approximate surface area is 198 Å². The van der Waals surface area contributed by atoms with Crippen LogP contribution in [0.5, 0.6) is 0 Å². The van der Waals surface area contributed by atoms with Crippen LogP contribution in [0.25, 0.3) is 10.9 Å². The number of aromatic nitrogens is 1. The SMILES string of the molecule is CC(=O)OCCCCc1c(C2CCC(Cc3ccccc3)(N(C)C)CC2)[nH]c2ccccc12. The van der Waals surface area contributed by atoms with Crippen LogP contribution in [0, 0.1) is 0 Å². The Morgan fingerprint density at radius 2 is 1.73 bits per heavy atom. The molecule has 0 spiro atoms. The maximum absolute atomic E-state index is 11.1. The standard InChI is InChI=1S/C29H38N2O2/c1-22(32)33-20-10-9-14-26-25-13-7-8-15-27(25)30-28(26)24-16-18-29(19-17-24,31(2)3)21-23-11-5-4-6-12-23/h4-8,11-13,15,24,30H,9-10,14,16-21H2,1-3H3. The highest BCUT2D eigenvalue weighted by Gasteiger charge is 2.38. The van der Waals surface area contributed by atoms with Crippen molar-refractivity contribution < 1.29 is 9.53 Å². The quantitative estimate of drug-likeness (QED) is 0.312. The van der Waals surface area contributed by atoms with E-state index in [1.807, 2.05) is 0 Å². The van der Waals surface area contributed by atoms with E-state index in [-0.39, 0.29) is 11.5 Å². The number of ether oxygens (including phenoxy) is 1. The van der Waals surface area contributed by atoms with Crippen molar-refractivity contribution in [3.63, 3.8) is 0 Å². The van der Waals surface area contributed by atoms with Gasteiger partial charge in [-0.25, -0.2) is 0 Å². The molecule has 2 aromatic carbocycles. The fraction of sp³-hybridized carbons (Fsp3) is 0.483. The number of nitrogens with one attached hydrogen (secondary N) is 1. The normalized spacial score (nSPS) is 20.9.